The van der Waals surface area contributed by atoms with Crippen LogP contribution in [0.4, 0.5) is 5.69 Å². The van der Waals surface area contributed by atoms with E-state index in [0.29, 0.717) is 17.3 Å². The predicted molar refractivity (Wildman–Crippen MR) is 61.9 cm³/mol. The van der Waals surface area contributed by atoms with E-state index in [9.17, 15) is 4.79 Å². The van der Waals surface area contributed by atoms with Crippen molar-refractivity contribution in [2.45, 2.75) is 32.2 Å². The van der Waals surface area contributed by atoms with Crippen molar-refractivity contribution < 1.29 is 4.79 Å². The Morgan fingerprint density at radius 2 is 2.38 bits per heavy atom. The van der Waals surface area contributed by atoms with Crippen molar-refractivity contribution in [2.24, 2.45) is 13.0 Å². The molecular weight excluding hydrogens is 204 g/mol. The standard InChI is InChI=1S/C11H18N4O/c1-7(8-4-3-5-8)13-11(16)10-9(12)6-15(2)14-10/h6-8H,3-5,12H2,1-2H3,(H,13,16). The van der Waals surface area contributed by atoms with Crippen LogP contribution < -0.4 is 11.1 Å². The molecule has 1 aliphatic rings. The molecule has 1 aromatic heterocycles. The largest absolute Gasteiger partial charge is 0.396 e. The number of carbonyl (C=O) groups excluding carboxylic acids is 1. The minimum absolute atomic E-state index is 0.169. The van der Waals surface area contributed by atoms with Crippen LogP contribution in [0.1, 0.15) is 36.7 Å². The summed E-state index contributed by atoms with van der Waals surface area (Å²) in [5.74, 6) is 0.450. The second-order valence-corrected chi connectivity index (χ2v) is 4.56. The second kappa shape index (κ2) is 4.15. The van der Waals surface area contributed by atoms with E-state index in [2.05, 4.69) is 10.4 Å². The van der Waals surface area contributed by atoms with Gasteiger partial charge in [0.2, 0.25) is 0 Å². The molecule has 1 saturated carbocycles. The van der Waals surface area contributed by atoms with Crippen molar-refractivity contribution >= 4 is 11.6 Å². The summed E-state index contributed by atoms with van der Waals surface area (Å²) in [7, 11) is 1.75. The smallest absolute Gasteiger partial charge is 0.274 e. The van der Waals surface area contributed by atoms with Crippen molar-refractivity contribution in [3.63, 3.8) is 0 Å². The molecule has 0 spiro atoms. The van der Waals surface area contributed by atoms with E-state index in [-0.39, 0.29) is 11.9 Å². The van der Waals surface area contributed by atoms with Gasteiger partial charge in [-0.25, -0.2) is 0 Å². The van der Waals surface area contributed by atoms with Gasteiger partial charge < -0.3 is 11.1 Å². The van der Waals surface area contributed by atoms with E-state index in [1.807, 2.05) is 6.92 Å². The van der Waals surface area contributed by atoms with Crippen LogP contribution in [-0.2, 0) is 7.05 Å². The number of carbonyl (C=O) groups is 1. The first kappa shape index (κ1) is 11.0. The SMILES string of the molecule is CC(NC(=O)c1nn(C)cc1N)C1CCC1. The first-order valence-corrected chi connectivity index (χ1v) is 5.68. The number of nitrogen functional groups attached to an aromatic ring is 1. The normalized spacial score (nSPS) is 17.9. The lowest BCUT2D eigenvalue weighted by molar-refractivity contribution is 0.0904. The Hall–Kier alpha value is -1.52. The number of nitrogens with one attached hydrogen (secondary N) is 1. The zero-order chi connectivity index (χ0) is 11.7. The number of hydrogen-bond acceptors (Lipinski definition) is 3. The molecule has 1 aromatic rings. The highest BCUT2D eigenvalue weighted by atomic mass is 16.2. The third kappa shape index (κ3) is 2.03. The molecule has 1 heterocycles. The summed E-state index contributed by atoms with van der Waals surface area (Å²) in [5, 5.41) is 7.00. The molecule has 88 valence electrons. The number of rotatable bonds is 3. The Balaban J connectivity index is 1.99. The van der Waals surface area contributed by atoms with Gasteiger partial charge in [0.25, 0.3) is 5.91 Å². The molecule has 5 heteroatoms. The maximum absolute atomic E-state index is 11.9. The lowest BCUT2D eigenvalue weighted by Crippen LogP contribution is -2.41. The minimum atomic E-state index is -0.169. The van der Waals surface area contributed by atoms with Crippen molar-refractivity contribution in [1.29, 1.82) is 0 Å². The quantitative estimate of drug-likeness (QED) is 0.798. The molecule has 1 atom stereocenters. The summed E-state index contributed by atoms with van der Waals surface area (Å²) in [4.78, 5) is 11.9. The zero-order valence-corrected chi connectivity index (χ0v) is 9.73. The van der Waals surface area contributed by atoms with Crippen LogP contribution in [0.2, 0.25) is 0 Å². The van der Waals surface area contributed by atoms with Gasteiger partial charge in [-0.15, -0.1) is 0 Å². The van der Waals surface area contributed by atoms with Gasteiger partial charge in [-0.1, -0.05) is 6.42 Å². The summed E-state index contributed by atoms with van der Waals surface area (Å²) in [6, 6.07) is 0.211. The van der Waals surface area contributed by atoms with Crippen LogP contribution in [0.3, 0.4) is 0 Å². The molecule has 1 amide bonds. The molecule has 2 rings (SSSR count). The number of hydrogen-bond donors (Lipinski definition) is 2. The molecule has 16 heavy (non-hydrogen) atoms. The van der Waals surface area contributed by atoms with Crippen LogP contribution >= 0.6 is 0 Å². The fraction of sp³-hybridized carbons (Fsp3) is 0.636. The average molecular weight is 222 g/mol. The zero-order valence-electron chi connectivity index (χ0n) is 9.73. The molecule has 0 saturated heterocycles. The van der Waals surface area contributed by atoms with E-state index >= 15 is 0 Å². The highest BCUT2D eigenvalue weighted by molar-refractivity contribution is 5.97. The summed E-state index contributed by atoms with van der Waals surface area (Å²) in [6.07, 6.45) is 5.33. The van der Waals surface area contributed by atoms with Crippen LogP contribution in [0.25, 0.3) is 0 Å². The Labute approximate surface area is 95.0 Å². The summed E-state index contributed by atoms with van der Waals surface area (Å²) >= 11 is 0. The van der Waals surface area contributed by atoms with E-state index in [0.717, 1.165) is 0 Å². The molecule has 1 unspecified atom stereocenters. The average Bonchev–Trinajstić information content (AvgIpc) is 2.41. The number of amides is 1. The van der Waals surface area contributed by atoms with Crippen molar-refractivity contribution in [2.75, 3.05) is 5.73 Å². The Bertz CT molecular complexity index is 395. The Morgan fingerprint density at radius 3 is 2.81 bits per heavy atom. The van der Waals surface area contributed by atoms with Crippen molar-refractivity contribution in [3.05, 3.63) is 11.9 Å². The third-order valence-electron chi connectivity index (χ3n) is 3.29. The maximum atomic E-state index is 11.9. The number of nitrogens with zero attached hydrogens (tertiary/aromatic N) is 2. The number of anilines is 1. The van der Waals surface area contributed by atoms with Gasteiger partial charge in [0.1, 0.15) is 0 Å². The Kier molecular flexibility index (Phi) is 2.85. The van der Waals surface area contributed by atoms with Crippen LogP contribution in [0, 0.1) is 5.92 Å². The molecular formula is C11H18N4O. The van der Waals surface area contributed by atoms with E-state index in [1.165, 1.54) is 19.3 Å². The maximum Gasteiger partial charge on any atom is 0.274 e. The fourth-order valence-corrected chi connectivity index (χ4v) is 2.02. The third-order valence-corrected chi connectivity index (χ3v) is 3.29. The molecule has 0 radical (unpaired) electrons. The van der Waals surface area contributed by atoms with Gasteiger partial charge >= 0.3 is 0 Å². The van der Waals surface area contributed by atoms with Gasteiger partial charge in [0.05, 0.1) is 5.69 Å². The predicted octanol–water partition coefficient (Wildman–Crippen LogP) is 0.921. The molecule has 0 aromatic carbocycles. The lowest BCUT2D eigenvalue weighted by atomic mass is 9.80. The first-order valence-electron chi connectivity index (χ1n) is 5.68. The van der Waals surface area contributed by atoms with Crippen LogP contribution in [-0.4, -0.2) is 21.7 Å². The highest BCUT2D eigenvalue weighted by Crippen LogP contribution is 2.29. The number of aryl methyl sites for hydroxylation is 1. The van der Waals surface area contributed by atoms with Crippen molar-refractivity contribution in [1.82, 2.24) is 15.1 Å². The number of nitrogens with two attached hydrogens (primary N) is 1. The van der Waals surface area contributed by atoms with Gasteiger partial charge in [-0.2, -0.15) is 5.10 Å². The Morgan fingerprint density at radius 1 is 1.69 bits per heavy atom. The minimum Gasteiger partial charge on any atom is -0.396 e. The topological polar surface area (TPSA) is 72.9 Å². The highest BCUT2D eigenvalue weighted by Gasteiger charge is 2.26. The van der Waals surface area contributed by atoms with Crippen molar-refractivity contribution in [3.8, 4) is 0 Å². The van der Waals surface area contributed by atoms with Gasteiger partial charge in [0.15, 0.2) is 5.69 Å². The first-order chi connectivity index (χ1) is 7.58. The van der Waals surface area contributed by atoms with Gasteiger partial charge in [-0.05, 0) is 25.7 Å². The molecule has 0 bridgehead atoms. The fourth-order valence-electron chi connectivity index (χ4n) is 2.02. The van der Waals surface area contributed by atoms with E-state index in [4.69, 9.17) is 5.73 Å². The number of aromatic nitrogens is 2. The van der Waals surface area contributed by atoms with Crippen LogP contribution in [0.15, 0.2) is 6.20 Å². The van der Waals surface area contributed by atoms with Gasteiger partial charge in [0, 0.05) is 19.3 Å². The molecule has 3 N–H and O–H groups in total. The molecule has 1 fully saturated rings. The van der Waals surface area contributed by atoms with E-state index < -0.39 is 0 Å². The molecule has 5 nitrogen and oxygen atoms in total. The summed E-state index contributed by atoms with van der Waals surface area (Å²) in [6.45, 7) is 2.04. The molecule has 0 aliphatic heterocycles. The molecule has 1 aliphatic carbocycles. The van der Waals surface area contributed by atoms with Gasteiger partial charge in [-0.3, -0.25) is 9.48 Å². The monoisotopic (exact) mass is 222 g/mol. The summed E-state index contributed by atoms with van der Waals surface area (Å²) < 4.78 is 1.55. The lowest BCUT2D eigenvalue weighted by Gasteiger charge is -2.31. The van der Waals surface area contributed by atoms with Crippen LogP contribution in [0.5, 0.6) is 0 Å². The second-order valence-electron chi connectivity index (χ2n) is 4.56. The summed E-state index contributed by atoms with van der Waals surface area (Å²) in [5.41, 5.74) is 6.46. The van der Waals surface area contributed by atoms with E-state index in [1.54, 1.807) is 17.9 Å².